The summed E-state index contributed by atoms with van der Waals surface area (Å²) in [5.41, 5.74) is 4.92. The number of methoxy groups -OCH3 is 2. The molecule has 0 saturated heterocycles. The van der Waals surface area contributed by atoms with E-state index in [0.717, 1.165) is 27.4 Å². The molecule has 1 aliphatic heterocycles. The second-order valence-corrected chi connectivity index (χ2v) is 8.65. The molecular weight excluding hydrogens is 452 g/mol. The smallest absolute Gasteiger partial charge is 0.336 e. The monoisotopic (exact) mass is 476 g/mol. The van der Waals surface area contributed by atoms with E-state index in [9.17, 15) is 14.7 Å². The number of benzene rings is 2. The van der Waals surface area contributed by atoms with Gasteiger partial charge in [-0.05, 0) is 31.5 Å². The van der Waals surface area contributed by atoms with Crippen LogP contribution < -0.4 is 5.32 Å². The van der Waals surface area contributed by atoms with Crippen LogP contribution in [0, 0.1) is 0 Å². The van der Waals surface area contributed by atoms with Crippen LogP contribution in [0.1, 0.15) is 25.3 Å². The average Bonchev–Trinajstić information content (AvgIpc) is 3.33. The number of phenolic OH excluding ortho intramolecular Hbond substituents is 1. The first-order valence-corrected chi connectivity index (χ1v) is 11.4. The molecule has 4 rings (SSSR count). The topological polar surface area (TPSA) is 97.8 Å². The SMILES string of the molecule is COC(=O)C1=C(C)NC(C)=C(C(=O)OC)C1c1ccccc1-c1nc(-c2cccc(O)c2)cs1. The molecule has 0 unspecified atom stereocenters. The summed E-state index contributed by atoms with van der Waals surface area (Å²) in [7, 11) is 2.63. The molecule has 7 nitrogen and oxygen atoms in total. The molecule has 0 aliphatic carbocycles. The van der Waals surface area contributed by atoms with Gasteiger partial charge >= 0.3 is 11.9 Å². The number of dihydropyridines is 1. The van der Waals surface area contributed by atoms with Crippen molar-refractivity contribution in [2.45, 2.75) is 19.8 Å². The van der Waals surface area contributed by atoms with Crippen LogP contribution in [0.4, 0.5) is 0 Å². The highest BCUT2D eigenvalue weighted by molar-refractivity contribution is 7.13. The molecule has 2 N–H and O–H groups in total. The van der Waals surface area contributed by atoms with Crippen LogP contribution in [0.15, 0.2) is 76.5 Å². The lowest BCUT2D eigenvalue weighted by atomic mass is 9.78. The van der Waals surface area contributed by atoms with E-state index < -0.39 is 17.9 Å². The van der Waals surface area contributed by atoms with E-state index in [2.05, 4.69) is 5.32 Å². The summed E-state index contributed by atoms with van der Waals surface area (Å²) in [6.45, 7) is 3.56. The molecule has 8 heteroatoms. The lowest BCUT2D eigenvalue weighted by molar-refractivity contribution is -0.137. The van der Waals surface area contributed by atoms with Crippen LogP contribution in [-0.4, -0.2) is 36.2 Å². The van der Waals surface area contributed by atoms with Crippen molar-refractivity contribution >= 4 is 23.3 Å². The van der Waals surface area contributed by atoms with Crippen LogP contribution >= 0.6 is 11.3 Å². The quantitative estimate of drug-likeness (QED) is 0.512. The van der Waals surface area contributed by atoms with Crippen molar-refractivity contribution in [1.82, 2.24) is 10.3 Å². The zero-order chi connectivity index (χ0) is 24.4. The molecule has 1 aliphatic rings. The number of nitrogens with zero attached hydrogens (tertiary/aromatic N) is 1. The molecule has 0 atom stereocenters. The summed E-state index contributed by atoms with van der Waals surface area (Å²) in [6.07, 6.45) is 0. The van der Waals surface area contributed by atoms with Gasteiger partial charge in [0.05, 0.1) is 37.0 Å². The summed E-state index contributed by atoms with van der Waals surface area (Å²) >= 11 is 1.44. The zero-order valence-corrected chi connectivity index (χ0v) is 20.0. The van der Waals surface area contributed by atoms with E-state index in [0.29, 0.717) is 22.5 Å². The van der Waals surface area contributed by atoms with Gasteiger partial charge in [0.1, 0.15) is 10.8 Å². The summed E-state index contributed by atoms with van der Waals surface area (Å²) in [5, 5.41) is 15.6. The first kappa shape index (κ1) is 23.3. The molecule has 0 amide bonds. The maximum absolute atomic E-state index is 12.9. The molecule has 0 saturated carbocycles. The number of nitrogens with one attached hydrogen (secondary N) is 1. The minimum absolute atomic E-state index is 0.161. The molecule has 3 aromatic rings. The van der Waals surface area contributed by atoms with Gasteiger partial charge < -0.3 is 19.9 Å². The van der Waals surface area contributed by atoms with Crippen LogP contribution in [0.5, 0.6) is 5.75 Å². The maximum atomic E-state index is 12.9. The summed E-state index contributed by atoms with van der Waals surface area (Å²) in [6, 6.07) is 14.4. The molecular formula is C26H24N2O5S. The predicted octanol–water partition coefficient (Wildman–Crippen LogP) is 4.76. The number of thiazole rings is 1. The van der Waals surface area contributed by atoms with E-state index in [4.69, 9.17) is 14.5 Å². The number of aromatic nitrogens is 1. The Balaban J connectivity index is 1.90. The van der Waals surface area contributed by atoms with Gasteiger partial charge in [-0.1, -0.05) is 36.4 Å². The van der Waals surface area contributed by atoms with Crippen molar-refractivity contribution < 1.29 is 24.2 Å². The number of hydrogen-bond donors (Lipinski definition) is 2. The number of carbonyl (C=O) groups excluding carboxylic acids is 2. The molecule has 0 spiro atoms. The van der Waals surface area contributed by atoms with Gasteiger partial charge in [0.25, 0.3) is 0 Å². The highest BCUT2D eigenvalue weighted by atomic mass is 32.1. The third-order valence-corrected chi connectivity index (χ3v) is 6.59. The number of phenols is 1. The fraction of sp³-hybridized carbons (Fsp3) is 0.192. The summed E-state index contributed by atoms with van der Waals surface area (Å²) in [5.74, 6) is -1.60. The molecule has 0 fully saturated rings. The van der Waals surface area contributed by atoms with Crippen molar-refractivity contribution in [3.8, 4) is 27.6 Å². The van der Waals surface area contributed by atoms with Crippen molar-refractivity contribution in [2.75, 3.05) is 14.2 Å². The Bertz CT molecular complexity index is 1300. The van der Waals surface area contributed by atoms with E-state index in [1.807, 2.05) is 35.7 Å². The number of esters is 2. The number of allylic oxidation sites excluding steroid dienone is 2. The van der Waals surface area contributed by atoms with Gasteiger partial charge in [0.15, 0.2) is 0 Å². The number of carbonyl (C=O) groups is 2. The standard InChI is InChI=1S/C26H24N2O5S/c1-14-21(25(30)32-3)23(22(15(2)27-14)26(31)33-4)18-10-5-6-11-19(18)24-28-20(13-34-24)16-8-7-9-17(29)12-16/h5-13,23,27,29H,1-4H3. The van der Waals surface area contributed by atoms with Crippen molar-refractivity contribution in [2.24, 2.45) is 0 Å². The first-order chi connectivity index (χ1) is 16.3. The number of hydrogen-bond acceptors (Lipinski definition) is 8. The van der Waals surface area contributed by atoms with Crippen molar-refractivity contribution in [3.63, 3.8) is 0 Å². The highest BCUT2D eigenvalue weighted by Gasteiger charge is 2.38. The van der Waals surface area contributed by atoms with E-state index in [1.54, 1.807) is 32.0 Å². The third kappa shape index (κ3) is 4.20. The summed E-state index contributed by atoms with van der Waals surface area (Å²) < 4.78 is 10.2. The Labute approximate surface area is 201 Å². The van der Waals surface area contributed by atoms with E-state index in [-0.39, 0.29) is 5.75 Å². The average molecular weight is 477 g/mol. The highest BCUT2D eigenvalue weighted by Crippen LogP contribution is 2.43. The largest absolute Gasteiger partial charge is 0.508 e. The third-order valence-electron chi connectivity index (χ3n) is 5.72. The molecule has 34 heavy (non-hydrogen) atoms. The molecule has 2 aromatic carbocycles. The molecule has 0 bridgehead atoms. The van der Waals surface area contributed by atoms with Gasteiger partial charge in [-0.3, -0.25) is 0 Å². The second-order valence-electron chi connectivity index (χ2n) is 7.79. The normalized spacial score (nSPS) is 14.1. The fourth-order valence-electron chi connectivity index (χ4n) is 4.20. The maximum Gasteiger partial charge on any atom is 0.336 e. The minimum Gasteiger partial charge on any atom is -0.508 e. The van der Waals surface area contributed by atoms with Crippen molar-refractivity contribution in [1.29, 1.82) is 0 Å². The Kier molecular flexibility index (Phi) is 6.51. The Hall–Kier alpha value is -3.91. The lowest BCUT2D eigenvalue weighted by Crippen LogP contribution is -2.32. The van der Waals surface area contributed by atoms with Crippen LogP contribution in [-0.2, 0) is 19.1 Å². The zero-order valence-electron chi connectivity index (χ0n) is 19.2. The summed E-state index contributed by atoms with van der Waals surface area (Å²) in [4.78, 5) is 30.5. The molecule has 2 heterocycles. The number of aromatic hydroxyl groups is 1. The molecule has 1 aromatic heterocycles. The van der Waals surface area contributed by atoms with Gasteiger partial charge in [-0.25, -0.2) is 14.6 Å². The van der Waals surface area contributed by atoms with Crippen LogP contribution in [0.3, 0.4) is 0 Å². The second kappa shape index (κ2) is 9.52. The fourth-order valence-corrected chi connectivity index (χ4v) is 5.08. The predicted molar refractivity (Wildman–Crippen MR) is 130 cm³/mol. The van der Waals surface area contributed by atoms with E-state index in [1.165, 1.54) is 25.6 Å². The molecule has 0 radical (unpaired) electrons. The molecule has 174 valence electrons. The van der Waals surface area contributed by atoms with Gasteiger partial charge in [0, 0.05) is 27.9 Å². The van der Waals surface area contributed by atoms with E-state index >= 15 is 0 Å². The van der Waals surface area contributed by atoms with Crippen LogP contribution in [0.25, 0.3) is 21.8 Å². The van der Waals surface area contributed by atoms with Crippen molar-refractivity contribution in [3.05, 3.63) is 82.0 Å². The van der Waals surface area contributed by atoms with Gasteiger partial charge in [-0.15, -0.1) is 11.3 Å². The number of ether oxygens (including phenoxy) is 2. The number of rotatable bonds is 5. The first-order valence-electron chi connectivity index (χ1n) is 10.5. The lowest BCUT2D eigenvalue weighted by Gasteiger charge is -2.31. The van der Waals surface area contributed by atoms with Gasteiger partial charge in [-0.2, -0.15) is 0 Å². The Morgan fingerprint density at radius 3 is 2.24 bits per heavy atom. The Morgan fingerprint density at radius 2 is 1.62 bits per heavy atom. The minimum atomic E-state index is -0.703. The Morgan fingerprint density at radius 1 is 0.971 bits per heavy atom. The van der Waals surface area contributed by atoms with Gasteiger partial charge in [0.2, 0.25) is 0 Å². The van der Waals surface area contributed by atoms with Crippen LogP contribution in [0.2, 0.25) is 0 Å².